The molecule has 37 heavy (non-hydrogen) atoms. The number of esters is 1. The first kappa shape index (κ1) is 25.0. The Morgan fingerprint density at radius 1 is 1.24 bits per heavy atom. The number of benzene rings is 1. The molecule has 1 unspecified atom stereocenters. The Labute approximate surface area is 222 Å². The molecule has 0 aliphatic carbocycles. The van der Waals surface area contributed by atoms with E-state index in [0.29, 0.717) is 38.4 Å². The van der Waals surface area contributed by atoms with E-state index in [-0.39, 0.29) is 12.1 Å². The van der Waals surface area contributed by atoms with Crippen LogP contribution >= 0.6 is 34.9 Å². The molecule has 2 aromatic heterocycles. The maximum atomic E-state index is 12.9. The number of nitrogens with zero attached hydrogens (tertiary/aromatic N) is 3. The van der Waals surface area contributed by atoms with Crippen LogP contribution in [-0.4, -0.2) is 71.9 Å². The number of hydrogen-bond donors (Lipinski definition) is 3. The van der Waals surface area contributed by atoms with Gasteiger partial charge in [0.25, 0.3) is 5.91 Å². The Balaban J connectivity index is 1.22. The topological polar surface area (TPSA) is 155 Å². The standard InChI is InChI=1S/C23H19N5O6S3/c29-15(8-12-6-7-35-18(12)22(33)34-14-4-2-1-3-5-14)26-16-19(30)28-17(21(31)32)13(9-36-20(16)28)10-37-23-24-11-25-27-23/h1-7,11,16,20H,8-10H2,(H,26,29)(H,31,32)(H,24,25,27)/t16?,20-/m0/s1. The molecule has 2 aliphatic heterocycles. The van der Waals surface area contributed by atoms with E-state index in [9.17, 15) is 24.3 Å². The summed E-state index contributed by atoms with van der Waals surface area (Å²) in [6.07, 6.45) is 1.31. The molecule has 11 nitrogen and oxygen atoms in total. The predicted octanol–water partition coefficient (Wildman–Crippen LogP) is 2.16. The lowest BCUT2D eigenvalue weighted by Crippen LogP contribution is -2.70. The van der Waals surface area contributed by atoms with Gasteiger partial charge in [0.1, 0.15) is 34.1 Å². The predicted molar refractivity (Wildman–Crippen MR) is 136 cm³/mol. The second-order valence-corrected chi connectivity index (χ2v) is 10.9. The van der Waals surface area contributed by atoms with E-state index in [4.69, 9.17) is 4.74 Å². The molecule has 2 atom stereocenters. The van der Waals surface area contributed by atoms with Gasteiger partial charge >= 0.3 is 11.9 Å². The molecule has 0 bridgehead atoms. The second kappa shape index (κ2) is 10.8. The lowest BCUT2D eigenvalue weighted by Gasteiger charge is -2.49. The first-order valence-electron chi connectivity index (χ1n) is 10.9. The fraction of sp³-hybridized carbons (Fsp3) is 0.217. The summed E-state index contributed by atoms with van der Waals surface area (Å²) in [5.41, 5.74) is 1.01. The number of carboxylic acids is 1. The Bertz CT molecular complexity index is 1370. The highest BCUT2D eigenvalue weighted by Crippen LogP contribution is 2.41. The molecule has 1 saturated heterocycles. The average Bonchev–Trinajstić information content (AvgIpc) is 3.58. The Morgan fingerprint density at radius 2 is 2.05 bits per heavy atom. The van der Waals surface area contributed by atoms with E-state index in [1.54, 1.807) is 41.8 Å². The van der Waals surface area contributed by atoms with Crippen LogP contribution in [0.4, 0.5) is 0 Å². The van der Waals surface area contributed by atoms with E-state index in [0.717, 1.165) is 0 Å². The molecule has 190 valence electrons. The molecule has 3 aromatic rings. The zero-order valence-corrected chi connectivity index (χ0v) is 21.4. The van der Waals surface area contributed by atoms with Gasteiger partial charge in [-0.25, -0.2) is 14.6 Å². The van der Waals surface area contributed by atoms with E-state index in [1.165, 1.54) is 46.1 Å². The first-order chi connectivity index (χ1) is 17.9. The number of carbonyl (C=O) groups is 4. The minimum Gasteiger partial charge on any atom is -0.477 e. The van der Waals surface area contributed by atoms with Gasteiger partial charge in [0.2, 0.25) is 11.1 Å². The van der Waals surface area contributed by atoms with Crippen molar-refractivity contribution in [2.75, 3.05) is 11.5 Å². The minimum atomic E-state index is -1.20. The molecule has 0 saturated carbocycles. The molecule has 1 aromatic carbocycles. The van der Waals surface area contributed by atoms with Gasteiger partial charge in [0, 0.05) is 11.5 Å². The van der Waals surface area contributed by atoms with Gasteiger partial charge < -0.3 is 15.2 Å². The third-order valence-corrected chi connectivity index (χ3v) is 8.80. The molecule has 0 radical (unpaired) electrons. The van der Waals surface area contributed by atoms with Crippen LogP contribution in [0.2, 0.25) is 0 Å². The van der Waals surface area contributed by atoms with Crippen molar-refractivity contribution in [1.82, 2.24) is 25.4 Å². The second-order valence-electron chi connectivity index (χ2n) is 7.94. The molecule has 3 N–H and O–H groups in total. The van der Waals surface area contributed by atoms with E-state index in [1.807, 2.05) is 0 Å². The first-order valence-corrected chi connectivity index (χ1v) is 13.9. The fourth-order valence-corrected chi connectivity index (χ4v) is 6.97. The SMILES string of the molecule is O=C(Cc1ccsc1C(=O)Oc1ccccc1)NC1C(=O)N2C(C(=O)O)=C(CSc3nc[nH]n3)CS[C@@H]12. The molecule has 14 heteroatoms. The van der Waals surface area contributed by atoms with Crippen molar-refractivity contribution >= 4 is 58.6 Å². The number of fused-ring (bicyclic) bond motifs is 1. The number of aromatic amines is 1. The average molecular weight is 558 g/mol. The number of carboxylic acid groups (broad SMARTS) is 1. The Hall–Kier alpha value is -3.62. The minimum absolute atomic E-state index is 0.0638. The third kappa shape index (κ3) is 5.26. The summed E-state index contributed by atoms with van der Waals surface area (Å²) in [5.74, 6) is -1.60. The van der Waals surface area contributed by atoms with Gasteiger partial charge in [-0.15, -0.1) is 28.2 Å². The van der Waals surface area contributed by atoms with E-state index >= 15 is 0 Å². The van der Waals surface area contributed by atoms with Crippen LogP contribution in [0, 0.1) is 0 Å². The number of ether oxygens (including phenoxy) is 1. The molecule has 4 heterocycles. The molecule has 2 amide bonds. The van der Waals surface area contributed by atoms with Crippen molar-refractivity contribution in [3.63, 3.8) is 0 Å². The number of amides is 2. The summed E-state index contributed by atoms with van der Waals surface area (Å²) in [4.78, 5) is 55.8. The van der Waals surface area contributed by atoms with Crippen molar-refractivity contribution in [2.24, 2.45) is 0 Å². The van der Waals surface area contributed by atoms with Gasteiger partial charge in [-0.2, -0.15) is 0 Å². The van der Waals surface area contributed by atoms with Crippen molar-refractivity contribution in [3.05, 3.63) is 69.8 Å². The summed E-state index contributed by atoms with van der Waals surface area (Å²) in [5, 5.41) is 20.7. The molecule has 1 fully saturated rings. The van der Waals surface area contributed by atoms with Crippen LogP contribution in [0.15, 0.2) is 64.5 Å². The molecule has 5 rings (SSSR count). The van der Waals surface area contributed by atoms with Crippen LogP contribution in [0.25, 0.3) is 0 Å². The Kier molecular flexibility index (Phi) is 7.30. The molecular formula is C23H19N5O6S3. The fourth-order valence-electron chi connectivity index (χ4n) is 3.91. The zero-order chi connectivity index (χ0) is 25.9. The van der Waals surface area contributed by atoms with E-state index in [2.05, 4.69) is 20.5 Å². The highest BCUT2D eigenvalue weighted by molar-refractivity contribution is 8.01. The summed E-state index contributed by atoms with van der Waals surface area (Å²) in [6, 6.07) is 9.43. The molecule has 2 aliphatic rings. The number of aromatic nitrogens is 3. The van der Waals surface area contributed by atoms with Gasteiger partial charge in [0.15, 0.2) is 0 Å². The van der Waals surface area contributed by atoms with Crippen molar-refractivity contribution in [3.8, 4) is 5.75 Å². The number of para-hydroxylation sites is 1. The zero-order valence-electron chi connectivity index (χ0n) is 18.9. The van der Waals surface area contributed by atoms with Crippen molar-refractivity contribution in [2.45, 2.75) is 23.0 Å². The van der Waals surface area contributed by atoms with Gasteiger partial charge in [-0.05, 0) is 34.7 Å². The van der Waals surface area contributed by atoms with Crippen LogP contribution in [-0.2, 0) is 20.8 Å². The van der Waals surface area contributed by atoms with Gasteiger partial charge in [-0.1, -0.05) is 30.0 Å². The number of carbonyl (C=O) groups excluding carboxylic acids is 3. The van der Waals surface area contributed by atoms with Crippen LogP contribution < -0.4 is 10.1 Å². The van der Waals surface area contributed by atoms with Gasteiger partial charge in [0.05, 0.1) is 6.42 Å². The maximum absolute atomic E-state index is 12.9. The van der Waals surface area contributed by atoms with Gasteiger partial charge in [-0.3, -0.25) is 19.6 Å². The number of nitrogens with one attached hydrogen (secondary N) is 2. The maximum Gasteiger partial charge on any atom is 0.353 e. The number of thioether (sulfide) groups is 2. The Morgan fingerprint density at radius 3 is 2.78 bits per heavy atom. The van der Waals surface area contributed by atoms with E-state index < -0.39 is 35.2 Å². The summed E-state index contributed by atoms with van der Waals surface area (Å²) >= 11 is 3.82. The number of hydrogen-bond acceptors (Lipinski definition) is 10. The highest BCUT2D eigenvalue weighted by atomic mass is 32.2. The van der Waals surface area contributed by atoms with Crippen molar-refractivity contribution < 1.29 is 29.0 Å². The smallest absolute Gasteiger partial charge is 0.353 e. The summed E-state index contributed by atoms with van der Waals surface area (Å²) in [6.45, 7) is 0. The lowest BCUT2D eigenvalue weighted by atomic mass is 10.0. The lowest BCUT2D eigenvalue weighted by molar-refractivity contribution is -0.150. The molecular weight excluding hydrogens is 538 g/mol. The van der Waals surface area contributed by atoms with Crippen molar-refractivity contribution in [1.29, 1.82) is 0 Å². The van der Waals surface area contributed by atoms with Crippen LogP contribution in [0.5, 0.6) is 5.75 Å². The van der Waals surface area contributed by atoms with Crippen LogP contribution in [0.1, 0.15) is 15.2 Å². The summed E-state index contributed by atoms with van der Waals surface area (Å²) < 4.78 is 5.37. The third-order valence-electron chi connectivity index (χ3n) is 5.57. The molecule has 0 spiro atoms. The number of rotatable bonds is 9. The monoisotopic (exact) mass is 557 g/mol. The number of H-pyrrole nitrogens is 1. The quantitative estimate of drug-likeness (QED) is 0.154. The summed E-state index contributed by atoms with van der Waals surface area (Å²) in [7, 11) is 0. The number of thiophene rings is 1. The highest BCUT2D eigenvalue weighted by Gasteiger charge is 2.54. The largest absolute Gasteiger partial charge is 0.477 e. The number of aliphatic carboxylic acids is 1. The number of β-lactam (4-membered cyclic amide) rings is 1. The normalized spacial score (nSPS) is 18.7. The van der Waals surface area contributed by atoms with Crippen LogP contribution in [0.3, 0.4) is 0 Å².